The van der Waals surface area contributed by atoms with Crippen LogP contribution in [0.2, 0.25) is 0 Å². The zero-order chi connectivity index (χ0) is 19.1. The predicted octanol–water partition coefficient (Wildman–Crippen LogP) is 4.67. The minimum Gasteiger partial charge on any atom is -0.496 e. The molecule has 3 N–H and O–H groups in total. The van der Waals surface area contributed by atoms with Gasteiger partial charge in [0.1, 0.15) is 5.75 Å². The first-order valence-electron chi connectivity index (χ1n) is 9.20. The Morgan fingerprint density at radius 1 is 0.893 bits per heavy atom. The molecule has 0 aliphatic rings. The number of hydrogen-bond donors (Lipinski definition) is 2. The van der Waals surface area contributed by atoms with Crippen molar-refractivity contribution in [3.8, 4) is 28.3 Å². The molecule has 0 spiro atoms. The summed E-state index contributed by atoms with van der Waals surface area (Å²) >= 11 is 0. The number of methoxy groups -OCH3 is 1. The number of aromatic nitrogens is 2. The Labute approximate surface area is 162 Å². The number of rotatable bonds is 3. The van der Waals surface area contributed by atoms with Crippen LogP contribution < -0.4 is 15.3 Å². The molecule has 136 valence electrons. The van der Waals surface area contributed by atoms with E-state index in [1.54, 1.807) is 11.8 Å². The molecule has 4 nitrogen and oxygen atoms in total. The molecule has 2 heterocycles. The fourth-order valence-corrected chi connectivity index (χ4v) is 3.92. The van der Waals surface area contributed by atoms with Crippen LogP contribution in [0.5, 0.6) is 5.75 Å². The molecule has 4 heteroatoms. The summed E-state index contributed by atoms with van der Waals surface area (Å²) in [6, 6.07) is 26.7. The summed E-state index contributed by atoms with van der Waals surface area (Å²) in [5.74, 6) is 7.54. The van der Waals surface area contributed by atoms with Crippen molar-refractivity contribution in [1.82, 2.24) is 4.98 Å². The van der Waals surface area contributed by atoms with Gasteiger partial charge in [-0.1, -0.05) is 47.1 Å². The average Bonchev–Trinajstić information content (AvgIpc) is 3.18. The molecule has 0 saturated heterocycles. The van der Waals surface area contributed by atoms with E-state index < -0.39 is 0 Å². The van der Waals surface area contributed by atoms with E-state index in [1.807, 2.05) is 48.7 Å². The Bertz CT molecular complexity index is 1310. The van der Waals surface area contributed by atoms with Gasteiger partial charge in [0.25, 0.3) is 5.69 Å². The third-order valence-electron chi connectivity index (χ3n) is 5.22. The number of nitrogens with one attached hydrogen (secondary N) is 1. The maximum atomic E-state index is 6.72. The van der Waals surface area contributed by atoms with E-state index in [-0.39, 0.29) is 0 Å². The second-order valence-corrected chi connectivity index (χ2v) is 6.79. The quantitative estimate of drug-likeness (QED) is 0.360. The lowest BCUT2D eigenvalue weighted by atomic mass is 10.00. The number of nitrogens with two attached hydrogens (primary N) is 1. The molecule has 2 aromatic heterocycles. The Balaban J connectivity index is 1.92. The number of nitrogens with zero attached hydrogens (tertiary/aromatic N) is 1. The summed E-state index contributed by atoms with van der Waals surface area (Å²) in [5.41, 5.74) is 5.02. The normalized spacial score (nSPS) is 11.2. The Kier molecular flexibility index (Phi) is 3.76. The standard InChI is InChI=1S/C24H19N3O/c1-28-22-13-7-12-20-23(22)19(15-26-20)24-18-11-6-5-10-17(18)14-21(27(24)25)16-8-3-2-4-9-16/h2-15H,25H2,1H3/p+1. The molecule has 0 saturated carbocycles. The van der Waals surface area contributed by atoms with Crippen molar-refractivity contribution in [2.75, 3.05) is 13.0 Å². The molecular weight excluding hydrogens is 346 g/mol. The van der Waals surface area contributed by atoms with Gasteiger partial charge < -0.3 is 9.72 Å². The number of H-pyrrole nitrogens is 1. The average molecular weight is 366 g/mol. The summed E-state index contributed by atoms with van der Waals surface area (Å²) < 4.78 is 7.43. The molecule has 0 atom stereocenters. The van der Waals surface area contributed by atoms with Gasteiger partial charge in [-0.25, -0.2) is 5.84 Å². The van der Waals surface area contributed by atoms with Crippen molar-refractivity contribution in [3.63, 3.8) is 0 Å². The minimum atomic E-state index is 0.822. The third kappa shape index (κ3) is 2.42. The number of pyridine rings is 1. The number of aromatic amines is 1. The molecule has 0 aliphatic heterocycles. The van der Waals surface area contributed by atoms with Gasteiger partial charge in [0.2, 0.25) is 5.69 Å². The van der Waals surface area contributed by atoms with Crippen molar-refractivity contribution >= 4 is 21.7 Å². The zero-order valence-corrected chi connectivity index (χ0v) is 15.5. The van der Waals surface area contributed by atoms with E-state index in [1.165, 1.54) is 0 Å². The lowest BCUT2D eigenvalue weighted by molar-refractivity contribution is -0.614. The van der Waals surface area contributed by atoms with Crippen LogP contribution in [0.15, 0.2) is 85.1 Å². The number of fused-ring (bicyclic) bond motifs is 2. The molecule has 3 aromatic carbocycles. The molecule has 0 unspecified atom stereocenters. The molecule has 0 aliphatic carbocycles. The molecule has 5 aromatic rings. The van der Waals surface area contributed by atoms with Crippen molar-refractivity contribution < 1.29 is 9.41 Å². The number of nitrogen functional groups attached to an aromatic ring is 1. The maximum absolute atomic E-state index is 6.72. The van der Waals surface area contributed by atoms with Crippen molar-refractivity contribution in [1.29, 1.82) is 0 Å². The summed E-state index contributed by atoms with van der Waals surface area (Å²) in [5, 5.41) is 3.26. The Morgan fingerprint density at radius 3 is 2.50 bits per heavy atom. The van der Waals surface area contributed by atoms with Gasteiger partial charge in [0, 0.05) is 23.3 Å². The summed E-state index contributed by atoms with van der Waals surface area (Å²) in [6.07, 6.45) is 2.01. The van der Waals surface area contributed by atoms with Gasteiger partial charge in [-0.15, -0.1) is 0 Å². The highest BCUT2D eigenvalue weighted by atomic mass is 16.5. The summed E-state index contributed by atoms with van der Waals surface area (Å²) in [6.45, 7) is 0. The van der Waals surface area contributed by atoms with Crippen LogP contribution in [-0.2, 0) is 0 Å². The van der Waals surface area contributed by atoms with E-state index in [0.717, 1.165) is 49.9 Å². The zero-order valence-electron chi connectivity index (χ0n) is 15.5. The first kappa shape index (κ1) is 16.4. The number of hydrogen-bond acceptors (Lipinski definition) is 2. The van der Waals surface area contributed by atoms with Gasteiger partial charge in [-0.2, -0.15) is 0 Å². The second-order valence-electron chi connectivity index (χ2n) is 6.79. The van der Waals surface area contributed by atoms with E-state index in [2.05, 4.69) is 41.4 Å². The van der Waals surface area contributed by atoms with Gasteiger partial charge in [0.05, 0.1) is 23.4 Å². The molecule has 28 heavy (non-hydrogen) atoms. The minimum absolute atomic E-state index is 0.822. The predicted molar refractivity (Wildman–Crippen MR) is 114 cm³/mol. The molecule has 0 radical (unpaired) electrons. The van der Waals surface area contributed by atoms with E-state index in [9.17, 15) is 0 Å². The van der Waals surface area contributed by atoms with Crippen LogP contribution in [0.1, 0.15) is 0 Å². The monoisotopic (exact) mass is 366 g/mol. The molecule has 5 rings (SSSR count). The van der Waals surface area contributed by atoms with Crippen molar-refractivity contribution in [2.24, 2.45) is 0 Å². The highest BCUT2D eigenvalue weighted by molar-refractivity contribution is 6.05. The summed E-state index contributed by atoms with van der Waals surface area (Å²) in [4.78, 5) is 3.36. The smallest absolute Gasteiger partial charge is 0.252 e. The van der Waals surface area contributed by atoms with Gasteiger partial charge in [-0.3, -0.25) is 0 Å². The van der Waals surface area contributed by atoms with Crippen LogP contribution in [0.4, 0.5) is 0 Å². The number of benzene rings is 3. The Morgan fingerprint density at radius 2 is 1.68 bits per heavy atom. The molecule has 0 fully saturated rings. The van der Waals surface area contributed by atoms with E-state index in [0.29, 0.717) is 0 Å². The second kappa shape index (κ2) is 6.43. The SMILES string of the molecule is COc1cccc2[nH]cc(-c3c4ccccc4cc(-c4ccccc4)[n+]3N)c12. The van der Waals surface area contributed by atoms with Crippen LogP contribution >= 0.6 is 0 Å². The van der Waals surface area contributed by atoms with Crippen molar-refractivity contribution in [3.05, 3.63) is 85.1 Å². The molecule has 0 amide bonds. The number of ether oxygens (including phenoxy) is 1. The van der Waals surface area contributed by atoms with Crippen LogP contribution in [-0.4, -0.2) is 12.1 Å². The lowest BCUT2D eigenvalue weighted by Crippen LogP contribution is -2.48. The summed E-state index contributed by atoms with van der Waals surface area (Å²) in [7, 11) is 1.69. The van der Waals surface area contributed by atoms with E-state index >= 15 is 0 Å². The van der Waals surface area contributed by atoms with Gasteiger partial charge in [0.15, 0.2) is 0 Å². The fraction of sp³-hybridized carbons (Fsp3) is 0.0417. The molecule has 0 bridgehead atoms. The van der Waals surface area contributed by atoms with Crippen LogP contribution in [0.25, 0.3) is 44.2 Å². The highest BCUT2D eigenvalue weighted by Crippen LogP contribution is 2.37. The van der Waals surface area contributed by atoms with Crippen molar-refractivity contribution in [2.45, 2.75) is 0 Å². The van der Waals surface area contributed by atoms with Gasteiger partial charge in [-0.05, 0) is 35.7 Å². The third-order valence-corrected chi connectivity index (χ3v) is 5.22. The highest BCUT2D eigenvalue weighted by Gasteiger charge is 2.26. The van der Waals surface area contributed by atoms with Crippen LogP contribution in [0, 0.1) is 0 Å². The first-order valence-corrected chi connectivity index (χ1v) is 9.20. The molecular formula is C24H20N3O+. The van der Waals surface area contributed by atoms with Crippen LogP contribution in [0.3, 0.4) is 0 Å². The first-order chi connectivity index (χ1) is 13.8. The largest absolute Gasteiger partial charge is 0.496 e. The Hall–Kier alpha value is -3.79. The topological polar surface area (TPSA) is 54.9 Å². The van der Waals surface area contributed by atoms with E-state index in [4.69, 9.17) is 10.6 Å². The lowest BCUT2D eigenvalue weighted by Gasteiger charge is -2.09. The van der Waals surface area contributed by atoms with Gasteiger partial charge >= 0.3 is 0 Å². The fourth-order valence-electron chi connectivity index (χ4n) is 3.92. The maximum Gasteiger partial charge on any atom is 0.252 e.